The lowest BCUT2D eigenvalue weighted by molar-refractivity contribution is -0.383. The maximum atomic E-state index is 12.0. The van der Waals surface area contributed by atoms with E-state index in [2.05, 4.69) is 5.32 Å². The van der Waals surface area contributed by atoms with Gasteiger partial charge in [0.15, 0.2) is 6.61 Å². The van der Waals surface area contributed by atoms with Crippen LogP contribution in [0.25, 0.3) is 0 Å². The second-order valence-corrected chi connectivity index (χ2v) is 6.07. The summed E-state index contributed by atoms with van der Waals surface area (Å²) in [6, 6.07) is 7.07. The third-order valence-electron chi connectivity index (χ3n) is 2.97. The molecule has 0 aliphatic rings. The smallest absolute Gasteiger partial charge is 0.294 e. The van der Waals surface area contributed by atoms with Crippen LogP contribution in [0, 0.1) is 17.0 Å². The molecular formula is C15H11Cl3N2O4. The molecule has 0 saturated heterocycles. The van der Waals surface area contributed by atoms with Crippen molar-refractivity contribution in [3.63, 3.8) is 0 Å². The van der Waals surface area contributed by atoms with E-state index in [4.69, 9.17) is 39.5 Å². The SMILES string of the molecule is Cc1cc(Cl)cc(Cl)c1OCC(=O)Nc1ccc(Cl)cc1[N+](=O)[O-]. The number of benzene rings is 2. The first-order chi connectivity index (χ1) is 11.3. The second kappa shape index (κ2) is 7.70. The van der Waals surface area contributed by atoms with Gasteiger partial charge in [0, 0.05) is 16.1 Å². The van der Waals surface area contributed by atoms with Gasteiger partial charge in [-0.2, -0.15) is 0 Å². The molecule has 1 amide bonds. The summed E-state index contributed by atoms with van der Waals surface area (Å²) in [4.78, 5) is 22.3. The van der Waals surface area contributed by atoms with Crippen molar-refractivity contribution in [2.24, 2.45) is 0 Å². The highest BCUT2D eigenvalue weighted by molar-refractivity contribution is 6.35. The number of amides is 1. The minimum atomic E-state index is -0.636. The number of ether oxygens (including phenoxy) is 1. The zero-order valence-corrected chi connectivity index (χ0v) is 14.6. The van der Waals surface area contributed by atoms with Crippen molar-refractivity contribution in [3.05, 3.63) is 61.1 Å². The summed E-state index contributed by atoms with van der Waals surface area (Å²) < 4.78 is 5.38. The van der Waals surface area contributed by atoms with E-state index in [0.717, 1.165) is 6.07 Å². The Bertz CT molecular complexity index is 788. The average Bonchev–Trinajstić information content (AvgIpc) is 2.47. The fourth-order valence-corrected chi connectivity index (χ4v) is 2.77. The fourth-order valence-electron chi connectivity index (χ4n) is 1.96. The van der Waals surface area contributed by atoms with Crippen LogP contribution in [0.2, 0.25) is 15.1 Å². The molecule has 9 heteroatoms. The maximum Gasteiger partial charge on any atom is 0.294 e. The van der Waals surface area contributed by atoms with Crippen LogP contribution >= 0.6 is 34.8 Å². The molecule has 0 aliphatic heterocycles. The van der Waals surface area contributed by atoms with Crippen LogP contribution in [0.1, 0.15) is 5.56 Å². The van der Waals surface area contributed by atoms with Crippen LogP contribution in [0.15, 0.2) is 30.3 Å². The molecule has 2 aromatic rings. The first-order valence-electron chi connectivity index (χ1n) is 6.60. The van der Waals surface area contributed by atoms with E-state index in [1.165, 1.54) is 18.2 Å². The fraction of sp³-hybridized carbons (Fsp3) is 0.133. The molecule has 0 heterocycles. The molecule has 2 aromatic carbocycles. The van der Waals surface area contributed by atoms with E-state index >= 15 is 0 Å². The van der Waals surface area contributed by atoms with Crippen LogP contribution < -0.4 is 10.1 Å². The minimum absolute atomic E-state index is 0.0249. The van der Waals surface area contributed by atoms with Gasteiger partial charge in [-0.05, 0) is 36.8 Å². The zero-order valence-electron chi connectivity index (χ0n) is 12.3. The molecule has 6 nitrogen and oxygen atoms in total. The summed E-state index contributed by atoms with van der Waals surface area (Å²) in [7, 11) is 0. The van der Waals surface area contributed by atoms with Crippen molar-refractivity contribution in [1.29, 1.82) is 0 Å². The number of hydrogen-bond donors (Lipinski definition) is 1. The quantitative estimate of drug-likeness (QED) is 0.583. The number of aryl methyl sites for hydroxylation is 1. The highest BCUT2D eigenvalue weighted by Gasteiger charge is 2.17. The number of hydrogen-bond acceptors (Lipinski definition) is 4. The van der Waals surface area contributed by atoms with Gasteiger partial charge in [-0.15, -0.1) is 0 Å². The van der Waals surface area contributed by atoms with Crippen LogP contribution in [-0.2, 0) is 4.79 Å². The highest BCUT2D eigenvalue weighted by Crippen LogP contribution is 2.32. The van der Waals surface area contributed by atoms with Gasteiger partial charge in [0.05, 0.1) is 9.95 Å². The van der Waals surface area contributed by atoms with E-state index in [1.807, 2.05) is 0 Å². The lowest BCUT2D eigenvalue weighted by atomic mass is 10.2. The number of nitro groups is 1. The van der Waals surface area contributed by atoms with Crippen LogP contribution in [0.3, 0.4) is 0 Å². The van der Waals surface area contributed by atoms with E-state index < -0.39 is 10.8 Å². The summed E-state index contributed by atoms with van der Waals surface area (Å²) in [6.45, 7) is 1.36. The molecule has 0 fully saturated rings. The number of halogens is 3. The molecule has 0 aliphatic carbocycles. The standard InChI is InChI=1S/C15H11Cl3N2O4/c1-8-4-10(17)5-11(18)15(8)24-7-14(21)19-12-3-2-9(16)6-13(12)20(22)23/h2-6H,7H2,1H3,(H,19,21). The lowest BCUT2D eigenvalue weighted by Crippen LogP contribution is -2.21. The topological polar surface area (TPSA) is 81.5 Å². The largest absolute Gasteiger partial charge is 0.482 e. The van der Waals surface area contributed by atoms with Crippen molar-refractivity contribution in [3.8, 4) is 5.75 Å². The van der Waals surface area contributed by atoms with Crippen LogP contribution in [-0.4, -0.2) is 17.4 Å². The molecule has 0 atom stereocenters. The number of rotatable bonds is 5. The molecule has 0 saturated carbocycles. The monoisotopic (exact) mass is 388 g/mol. The summed E-state index contributed by atoms with van der Waals surface area (Å²) in [6.07, 6.45) is 0. The highest BCUT2D eigenvalue weighted by atomic mass is 35.5. The summed E-state index contributed by atoms with van der Waals surface area (Å²) >= 11 is 17.6. The van der Waals surface area contributed by atoms with E-state index in [1.54, 1.807) is 13.0 Å². The first-order valence-corrected chi connectivity index (χ1v) is 7.73. The van der Waals surface area contributed by atoms with Crippen LogP contribution in [0.5, 0.6) is 5.75 Å². The Hall–Kier alpha value is -2.02. The number of nitro benzene ring substituents is 1. The van der Waals surface area contributed by atoms with Crippen LogP contribution in [0.4, 0.5) is 11.4 Å². The molecule has 0 aromatic heterocycles. The van der Waals surface area contributed by atoms with Gasteiger partial charge >= 0.3 is 0 Å². The molecule has 2 rings (SSSR count). The maximum absolute atomic E-state index is 12.0. The van der Waals surface area contributed by atoms with E-state index in [-0.39, 0.29) is 28.0 Å². The van der Waals surface area contributed by atoms with Gasteiger partial charge in [-0.25, -0.2) is 0 Å². The number of nitrogens with one attached hydrogen (secondary N) is 1. The molecular weight excluding hydrogens is 379 g/mol. The number of nitrogens with zero attached hydrogens (tertiary/aromatic N) is 1. The van der Waals surface area contributed by atoms with Crippen molar-refractivity contribution in [2.75, 3.05) is 11.9 Å². The molecule has 0 unspecified atom stereocenters. The Labute approximate surface area is 152 Å². The minimum Gasteiger partial charge on any atom is -0.482 e. The van der Waals surface area contributed by atoms with E-state index in [0.29, 0.717) is 16.3 Å². The van der Waals surface area contributed by atoms with Gasteiger partial charge in [-0.3, -0.25) is 14.9 Å². The lowest BCUT2D eigenvalue weighted by Gasteiger charge is -2.12. The molecule has 0 spiro atoms. The average molecular weight is 390 g/mol. The normalized spacial score (nSPS) is 10.3. The Morgan fingerprint density at radius 1 is 1.21 bits per heavy atom. The van der Waals surface area contributed by atoms with Crippen molar-refractivity contribution in [2.45, 2.75) is 6.92 Å². The van der Waals surface area contributed by atoms with Gasteiger partial charge in [0.1, 0.15) is 11.4 Å². The summed E-state index contributed by atoms with van der Waals surface area (Å²) in [5, 5.41) is 14.3. The Kier molecular flexibility index (Phi) is 5.88. The number of carbonyl (C=O) groups is 1. The summed E-state index contributed by atoms with van der Waals surface area (Å²) in [5.74, 6) is -0.257. The van der Waals surface area contributed by atoms with Crippen molar-refractivity contribution < 1.29 is 14.5 Å². The Morgan fingerprint density at radius 2 is 1.92 bits per heavy atom. The number of anilines is 1. The second-order valence-electron chi connectivity index (χ2n) is 4.79. The Morgan fingerprint density at radius 3 is 2.54 bits per heavy atom. The van der Waals surface area contributed by atoms with Gasteiger partial charge in [0.2, 0.25) is 0 Å². The first kappa shape index (κ1) is 18.3. The molecule has 0 radical (unpaired) electrons. The number of carbonyl (C=O) groups excluding carboxylic acids is 1. The van der Waals surface area contributed by atoms with Gasteiger partial charge in [0.25, 0.3) is 11.6 Å². The van der Waals surface area contributed by atoms with Gasteiger partial charge in [-0.1, -0.05) is 34.8 Å². The molecule has 24 heavy (non-hydrogen) atoms. The molecule has 1 N–H and O–H groups in total. The van der Waals surface area contributed by atoms with E-state index in [9.17, 15) is 14.9 Å². The molecule has 0 bridgehead atoms. The third kappa shape index (κ3) is 4.50. The Balaban J connectivity index is 2.09. The third-order valence-corrected chi connectivity index (χ3v) is 3.71. The predicted octanol–water partition coefficient (Wildman–Crippen LogP) is 4.88. The molecule has 126 valence electrons. The predicted molar refractivity (Wildman–Crippen MR) is 93.4 cm³/mol. The van der Waals surface area contributed by atoms with Crippen molar-refractivity contribution in [1.82, 2.24) is 0 Å². The van der Waals surface area contributed by atoms with Gasteiger partial charge < -0.3 is 10.1 Å². The van der Waals surface area contributed by atoms with Crippen molar-refractivity contribution >= 4 is 52.1 Å². The summed E-state index contributed by atoms with van der Waals surface area (Å²) in [5.41, 5.74) is 0.381. The zero-order chi connectivity index (χ0) is 17.9.